The predicted molar refractivity (Wildman–Crippen MR) is 161 cm³/mol. The fourth-order valence-electron chi connectivity index (χ4n) is 5.71. The number of ether oxygens (including phenoxy) is 2. The van der Waals surface area contributed by atoms with Crippen LogP contribution in [0.15, 0.2) is 54.6 Å². The van der Waals surface area contributed by atoms with Crippen molar-refractivity contribution in [2.75, 3.05) is 26.7 Å². The summed E-state index contributed by atoms with van der Waals surface area (Å²) in [4.78, 5) is 57.6. The average Bonchev–Trinajstić information content (AvgIpc) is 3.59. The van der Waals surface area contributed by atoms with Gasteiger partial charge in [0.15, 0.2) is 0 Å². The van der Waals surface area contributed by atoms with Crippen molar-refractivity contribution in [3.63, 3.8) is 0 Å². The molecule has 4 amide bonds. The molecule has 0 aliphatic carbocycles. The van der Waals surface area contributed by atoms with Crippen LogP contribution in [0.2, 0.25) is 0 Å². The molecule has 0 bridgehead atoms. The molecule has 2 heterocycles. The topological polar surface area (TPSA) is 135 Å². The number of nitrogens with one attached hydrogen (secondary N) is 1. The maximum absolute atomic E-state index is 14.2. The summed E-state index contributed by atoms with van der Waals surface area (Å²) in [6.07, 6.45) is -0.745. The monoisotopic (exact) mass is 611 g/mol. The second kappa shape index (κ2) is 13.6. The van der Waals surface area contributed by atoms with E-state index in [1.54, 1.807) is 16.7 Å². The predicted octanol–water partition coefficient (Wildman–Crippen LogP) is 2.53. The third-order valence-electron chi connectivity index (χ3n) is 8.31. The van der Waals surface area contributed by atoms with Crippen molar-refractivity contribution >= 4 is 23.8 Å². The van der Waals surface area contributed by atoms with E-state index in [1.165, 1.54) is 36.2 Å². The van der Waals surface area contributed by atoms with E-state index in [4.69, 9.17) is 15.2 Å². The molecule has 2 aliphatic rings. The number of carbonyl (C=O) groups excluding carboxylic acids is 4. The van der Waals surface area contributed by atoms with E-state index in [0.29, 0.717) is 18.7 Å². The highest BCUT2D eigenvalue weighted by molar-refractivity contribution is 5.92. The van der Waals surface area contributed by atoms with E-state index in [1.807, 2.05) is 51.1 Å². The van der Waals surface area contributed by atoms with Crippen LogP contribution in [0, 0.1) is 11.2 Å². The highest BCUT2D eigenvalue weighted by atomic mass is 19.1. The maximum Gasteiger partial charge on any atom is 0.410 e. The van der Waals surface area contributed by atoms with Gasteiger partial charge in [0.2, 0.25) is 17.7 Å². The van der Waals surface area contributed by atoms with Crippen LogP contribution in [0.25, 0.3) is 0 Å². The number of halogens is 1. The summed E-state index contributed by atoms with van der Waals surface area (Å²) < 4.78 is 25.1. The van der Waals surface area contributed by atoms with Gasteiger partial charge < -0.3 is 30.3 Å². The summed E-state index contributed by atoms with van der Waals surface area (Å²) in [6.45, 7) is 7.53. The first-order chi connectivity index (χ1) is 20.8. The lowest BCUT2D eigenvalue weighted by Crippen LogP contribution is -2.60. The Bertz CT molecular complexity index is 1330. The van der Waals surface area contributed by atoms with Crippen LogP contribution in [-0.2, 0) is 25.7 Å². The molecule has 0 spiro atoms. The van der Waals surface area contributed by atoms with Crippen molar-refractivity contribution in [2.24, 2.45) is 11.1 Å². The number of likely N-dealkylation sites (N-methyl/N-ethyl adjacent to an activating group) is 1. The van der Waals surface area contributed by atoms with Gasteiger partial charge in [-0.3, -0.25) is 19.3 Å². The minimum absolute atomic E-state index is 0.0593. The molecule has 2 fully saturated rings. The number of rotatable bonds is 9. The van der Waals surface area contributed by atoms with Gasteiger partial charge in [0.1, 0.15) is 36.4 Å². The van der Waals surface area contributed by atoms with Gasteiger partial charge in [-0.1, -0.05) is 51.1 Å². The molecule has 3 N–H and O–H groups in total. The first-order valence-corrected chi connectivity index (χ1v) is 14.8. The van der Waals surface area contributed by atoms with Gasteiger partial charge in [-0.15, -0.1) is 0 Å². The van der Waals surface area contributed by atoms with E-state index in [-0.39, 0.29) is 37.6 Å². The quantitative estimate of drug-likeness (QED) is 0.445. The number of nitrogens with zero attached hydrogens (tertiary/aromatic N) is 3. The number of amides is 4. The van der Waals surface area contributed by atoms with E-state index in [0.717, 1.165) is 5.56 Å². The SMILES string of the molecule is C[C@@H](C(=O)N[C@H](C(=O)N1CC[C@@H]2[C@H]1[C@@H](Oc1ccc(F)cc1)CN2C(=O)CN)C(C)(C)C)N(C)C(=O)OCc1ccccc1. The Balaban J connectivity index is 1.49. The summed E-state index contributed by atoms with van der Waals surface area (Å²) >= 11 is 0. The van der Waals surface area contributed by atoms with Crippen molar-refractivity contribution in [1.29, 1.82) is 0 Å². The van der Waals surface area contributed by atoms with Crippen LogP contribution in [0.4, 0.5) is 9.18 Å². The van der Waals surface area contributed by atoms with Crippen LogP contribution in [-0.4, -0.2) is 95.5 Å². The number of likely N-dealkylation sites (tertiary alicyclic amines) is 2. The minimum atomic E-state index is -0.948. The van der Waals surface area contributed by atoms with Crippen molar-refractivity contribution in [2.45, 2.75) is 71.0 Å². The molecule has 44 heavy (non-hydrogen) atoms. The molecule has 11 nitrogen and oxygen atoms in total. The molecular formula is C32H42FN5O6. The van der Waals surface area contributed by atoms with E-state index in [9.17, 15) is 23.6 Å². The molecule has 2 aromatic rings. The van der Waals surface area contributed by atoms with Crippen LogP contribution < -0.4 is 15.8 Å². The second-order valence-electron chi connectivity index (χ2n) is 12.4. The summed E-state index contributed by atoms with van der Waals surface area (Å²) in [5.74, 6) is -1.09. The Labute approximate surface area is 257 Å². The zero-order valence-corrected chi connectivity index (χ0v) is 25.9. The lowest BCUT2D eigenvalue weighted by atomic mass is 9.85. The smallest absolute Gasteiger partial charge is 0.410 e. The summed E-state index contributed by atoms with van der Waals surface area (Å²) in [5, 5.41) is 2.88. The zero-order valence-electron chi connectivity index (χ0n) is 25.9. The Morgan fingerprint density at radius 3 is 2.34 bits per heavy atom. The lowest BCUT2D eigenvalue weighted by molar-refractivity contribution is -0.142. The molecule has 0 saturated carbocycles. The molecule has 0 unspecified atom stereocenters. The van der Waals surface area contributed by atoms with Gasteiger partial charge in [-0.25, -0.2) is 9.18 Å². The Morgan fingerprint density at radius 1 is 1.07 bits per heavy atom. The van der Waals surface area contributed by atoms with Crippen LogP contribution in [0.3, 0.4) is 0 Å². The molecule has 0 radical (unpaired) electrons. The first kappa shape index (κ1) is 32.7. The Kier molecular flexibility index (Phi) is 10.1. The molecule has 0 aromatic heterocycles. The first-order valence-electron chi connectivity index (χ1n) is 14.8. The number of hydrogen-bond donors (Lipinski definition) is 2. The Hall–Kier alpha value is -4.19. The van der Waals surface area contributed by atoms with E-state index in [2.05, 4.69) is 5.32 Å². The van der Waals surface area contributed by atoms with Gasteiger partial charge in [-0.05, 0) is 48.6 Å². The number of benzene rings is 2. The van der Waals surface area contributed by atoms with Crippen LogP contribution in [0.1, 0.15) is 39.7 Å². The largest absolute Gasteiger partial charge is 0.486 e. The molecular weight excluding hydrogens is 569 g/mol. The maximum atomic E-state index is 14.2. The number of nitrogens with two attached hydrogens (primary N) is 1. The standard InChI is InChI=1S/C32H42FN5O6/c1-20(36(5)31(42)43-19-21-9-7-6-8-10-21)29(40)35-28(32(2,3)4)30(41)37-16-15-24-27(37)25(18-38(24)26(39)17-34)44-23-13-11-22(33)12-14-23/h6-14,20,24-25,27-28H,15-19,34H2,1-5H3,(H,35,40)/t20-,24+,25-,27-,28+/m0/s1. The third-order valence-corrected chi connectivity index (χ3v) is 8.31. The van der Waals surface area contributed by atoms with Gasteiger partial charge in [0.05, 0.1) is 25.2 Å². The van der Waals surface area contributed by atoms with Crippen molar-refractivity contribution in [3.8, 4) is 5.75 Å². The number of hydrogen-bond acceptors (Lipinski definition) is 7. The van der Waals surface area contributed by atoms with Gasteiger partial charge >= 0.3 is 6.09 Å². The highest BCUT2D eigenvalue weighted by Crippen LogP contribution is 2.36. The Morgan fingerprint density at radius 2 is 1.73 bits per heavy atom. The fourth-order valence-corrected chi connectivity index (χ4v) is 5.71. The molecule has 5 atom stereocenters. The zero-order chi connectivity index (χ0) is 32.2. The molecule has 2 saturated heterocycles. The van der Waals surface area contributed by atoms with Gasteiger partial charge in [0.25, 0.3) is 0 Å². The minimum Gasteiger partial charge on any atom is -0.486 e. The third kappa shape index (κ3) is 7.29. The molecule has 12 heteroatoms. The summed E-state index contributed by atoms with van der Waals surface area (Å²) in [7, 11) is 1.47. The van der Waals surface area contributed by atoms with Crippen molar-refractivity contribution in [3.05, 3.63) is 66.0 Å². The lowest BCUT2D eigenvalue weighted by Gasteiger charge is -2.37. The van der Waals surface area contributed by atoms with Crippen LogP contribution >= 0.6 is 0 Å². The van der Waals surface area contributed by atoms with Crippen molar-refractivity contribution in [1.82, 2.24) is 20.0 Å². The van der Waals surface area contributed by atoms with E-state index >= 15 is 0 Å². The molecule has 4 rings (SSSR count). The normalized spacial score (nSPS) is 20.8. The van der Waals surface area contributed by atoms with Crippen LogP contribution in [0.5, 0.6) is 5.75 Å². The van der Waals surface area contributed by atoms with Gasteiger partial charge in [0, 0.05) is 13.6 Å². The molecule has 2 aliphatic heterocycles. The highest BCUT2D eigenvalue weighted by Gasteiger charge is 2.54. The molecule has 2 aromatic carbocycles. The van der Waals surface area contributed by atoms with E-state index < -0.39 is 47.5 Å². The fraction of sp³-hybridized carbons (Fsp3) is 0.500. The van der Waals surface area contributed by atoms with Gasteiger partial charge in [-0.2, -0.15) is 0 Å². The summed E-state index contributed by atoms with van der Waals surface area (Å²) in [6, 6.07) is 12.1. The summed E-state index contributed by atoms with van der Waals surface area (Å²) in [5.41, 5.74) is 5.80. The number of carbonyl (C=O) groups is 4. The second-order valence-corrected chi connectivity index (χ2v) is 12.4. The average molecular weight is 612 g/mol. The number of fused-ring (bicyclic) bond motifs is 1. The van der Waals surface area contributed by atoms with Crippen molar-refractivity contribution < 1.29 is 33.0 Å². The molecule has 238 valence electrons.